The molecule has 1 aliphatic heterocycles. The fourth-order valence-electron chi connectivity index (χ4n) is 3.96. The van der Waals surface area contributed by atoms with Crippen molar-refractivity contribution in [3.63, 3.8) is 0 Å². The van der Waals surface area contributed by atoms with Crippen LogP contribution in [-0.2, 0) is 4.79 Å². The van der Waals surface area contributed by atoms with Crippen LogP contribution in [0.15, 0.2) is 48.5 Å². The summed E-state index contributed by atoms with van der Waals surface area (Å²) in [6.07, 6.45) is 1.17. The molecule has 1 aliphatic rings. The molecule has 0 saturated carbocycles. The highest BCUT2D eigenvalue weighted by Crippen LogP contribution is 2.22. The van der Waals surface area contributed by atoms with E-state index in [-0.39, 0.29) is 29.4 Å². The number of nitrogens with zero attached hydrogens (tertiary/aromatic N) is 3. The first-order valence-electron chi connectivity index (χ1n) is 11.3. The van der Waals surface area contributed by atoms with Crippen molar-refractivity contribution in [2.45, 2.75) is 38.8 Å². The van der Waals surface area contributed by atoms with E-state index in [2.05, 4.69) is 15.3 Å². The van der Waals surface area contributed by atoms with Crippen LogP contribution in [0, 0.1) is 11.7 Å². The predicted molar refractivity (Wildman–Crippen MR) is 124 cm³/mol. The number of aromatic nitrogens is 2. The van der Waals surface area contributed by atoms with Crippen LogP contribution in [0.3, 0.4) is 0 Å². The predicted octanol–water partition coefficient (Wildman–Crippen LogP) is 3.30. The Morgan fingerprint density at radius 1 is 1.06 bits per heavy atom. The van der Waals surface area contributed by atoms with E-state index in [9.17, 15) is 19.1 Å². The SMILES string of the molecule is CC(C)[C@H](NC(=O)c1nc2ccccc2nc1O)C(=O)N1CCC(Oc2ccc(F)cc2)CC1. The Morgan fingerprint density at radius 3 is 2.29 bits per heavy atom. The van der Waals surface area contributed by atoms with E-state index < -0.39 is 17.8 Å². The summed E-state index contributed by atoms with van der Waals surface area (Å²) in [6.45, 7) is 4.65. The maximum absolute atomic E-state index is 13.2. The number of carbonyl (C=O) groups is 2. The van der Waals surface area contributed by atoms with Crippen molar-refractivity contribution in [1.29, 1.82) is 0 Å². The van der Waals surface area contributed by atoms with Crippen LogP contribution in [-0.4, -0.2) is 57.0 Å². The van der Waals surface area contributed by atoms with Crippen molar-refractivity contribution in [3.8, 4) is 11.6 Å². The average molecular weight is 467 g/mol. The molecule has 178 valence electrons. The number of rotatable bonds is 6. The molecule has 3 aromatic rings. The Morgan fingerprint density at radius 2 is 1.68 bits per heavy atom. The summed E-state index contributed by atoms with van der Waals surface area (Å²) >= 11 is 0. The second-order valence-electron chi connectivity index (χ2n) is 8.68. The number of ether oxygens (including phenoxy) is 1. The monoisotopic (exact) mass is 466 g/mol. The average Bonchev–Trinajstić information content (AvgIpc) is 2.83. The van der Waals surface area contributed by atoms with E-state index in [1.54, 1.807) is 41.3 Å². The molecule has 8 nitrogen and oxygen atoms in total. The van der Waals surface area contributed by atoms with Gasteiger partial charge in [-0.2, -0.15) is 0 Å². The van der Waals surface area contributed by atoms with Crippen LogP contribution in [0.1, 0.15) is 37.2 Å². The van der Waals surface area contributed by atoms with Crippen LogP contribution in [0.2, 0.25) is 0 Å². The molecule has 0 radical (unpaired) electrons. The summed E-state index contributed by atoms with van der Waals surface area (Å²) in [6, 6.07) is 12.0. The highest BCUT2D eigenvalue weighted by molar-refractivity contribution is 5.99. The van der Waals surface area contributed by atoms with Gasteiger partial charge in [0.15, 0.2) is 5.69 Å². The second-order valence-corrected chi connectivity index (χ2v) is 8.68. The van der Waals surface area contributed by atoms with Gasteiger partial charge in [0, 0.05) is 25.9 Å². The van der Waals surface area contributed by atoms with Crippen LogP contribution in [0.5, 0.6) is 11.6 Å². The maximum atomic E-state index is 13.2. The molecule has 1 saturated heterocycles. The highest BCUT2D eigenvalue weighted by Gasteiger charge is 2.33. The van der Waals surface area contributed by atoms with E-state index in [4.69, 9.17) is 4.74 Å². The summed E-state index contributed by atoms with van der Waals surface area (Å²) in [4.78, 5) is 36.1. The zero-order chi connectivity index (χ0) is 24.2. The summed E-state index contributed by atoms with van der Waals surface area (Å²) in [5.41, 5.74) is 0.725. The molecule has 1 atom stereocenters. The third-order valence-electron chi connectivity index (χ3n) is 5.86. The summed E-state index contributed by atoms with van der Waals surface area (Å²) < 4.78 is 19.0. The van der Waals surface area contributed by atoms with Crippen molar-refractivity contribution in [2.24, 2.45) is 5.92 Å². The topological polar surface area (TPSA) is 105 Å². The fraction of sp³-hybridized carbons (Fsp3) is 0.360. The normalized spacial score (nSPS) is 15.4. The van der Waals surface area contributed by atoms with Gasteiger partial charge in [0.25, 0.3) is 5.91 Å². The Balaban J connectivity index is 1.39. The molecular formula is C25H27FN4O4. The molecule has 2 N–H and O–H groups in total. The number of benzene rings is 2. The van der Waals surface area contributed by atoms with E-state index in [0.29, 0.717) is 42.7 Å². The molecule has 0 bridgehead atoms. The number of fused-ring (bicyclic) bond motifs is 1. The number of carbonyl (C=O) groups excluding carboxylic acids is 2. The van der Waals surface area contributed by atoms with E-state index >= 15 is 0 Å². The number of halogens is 1. The highest BCUT2D eigenvalue weighted by atomic mass is 19.1. The van der Waals surface area contributed by atoms with Crippen LogP contribution >= 0.6 is 0 Å². The molecule has 9 heteroatoms. The molecule has 0 spiro atoms. The van der Waals surface area contributed by atoms with E-state index in [1.807, 2.05) is 13.8 Å². The van der Waals surface area contributed by atoms with Crippen LogP contribution in [0.25, 0.3) is 11.0 Å². The number of hydrogen-bond acceptors (Lipinski definition) is 6. The van der Waals surface area contributed by atoms with Gasteiger partial charge >= 0.3 is 0 Å². The van der Waals surface area contributed by atoms with Crippen molar-refractivity contribution in [3.05, 3.63) is 60.0 Å². The van der Waals surface area contributed by atoms with Gasteiger partial charge < -0.3 is 20.1 Å². The Kier molecular flexibility index (Phi) is 6.90. The van der Waals surface area contributed by atoms with E-state index in [0.717, 1.165) is 0 Å². The number of aromatic hydroxyl groups is 1. The van der Waals surface area contributed by atoms with E-state index in [1.165, 1.54) is 12.1 Å². The van der Waals surface area contributed by atoms with Crippen molar-refractivity contribution in [1.82, 2.24) is 20.2 Å². The van der Waals surface area contributed by atoms with Crippen molar-refractivity contribution in [2.75, 3.05) is 13.1 Å². The zero-order valence-corrected chi connectivity index (χ0v) is 19.1. The summed E-state index contributed by atoms with van der Waals surface area (Å²) in [5.74, 6) is -1.24. The molecule has 2 amide bonds. The Labute approximate surface area is 196 Å². The maximum Gasteiger partial charge on any atom is 0.276 e. The van der Waals surface area contributed by atoms with Gasteiger partial charge in [-0.05, 0) is 42.3 Å². The fourth-order valence-corrected chi connectivity index (χ4v) is 3.96. The molecule has 1 fully saturated rings. The minimum atomic E-state index is -0.783. The summed E-state index contributed by atoms with van der Waals surface area (Å²) in [7, 11) is 0. The standard InChI is InChI=1S/C25H27FN4O4/c1-15(2)21(29-24(32)22-23(31)28-20-6-4-3-5-19(20)27-22)25(33)30-13-11-18(12-14-30)34-17-9-7-16(26)8-10-17/h3-10,15,18,21H,11-14H2,1-2H3,(H,28,31)(H,29,32)/t21-/m0/s1. The first-order chi connectivity index (χ1) is 16.3. The lowest BCUT2D eigenvalue weighted by molar-refractivity contribution is -0.136. The van der Waals surface area contributed by atoms with Crippen LogP contribution < -0.4 is 10.1 Å². The molecule has 2 heterocycles. The van der Waals surface area contributed by atoms with Gasteiger partial charge in [-0.15, -0.1) is 0 Å². The van der Waals surface area contributed by atoms with Crippen molar-refractivity contribution >= 4 is 22.8 Å². The summed E-state index contributed by atoms with van der Waals surface area (Å²) in [5, 5.41) is 13.0. The Hall–Kier alpha value is -3.75. The third kappa shape index (κ3) is 5.24. The smallest absolute Gasteiger partial charge is 0.276 e. The van der Waals surface area contributed by atoms with Gasteiger partial charge in [0.1, 0.15) is 23.7 Å². The number of amides is 2. The van der Waals surface area contributed by atoms with Gasteiger partial charge in [-0.25, -0.2) is 14.4 Å². The largest absolute Gasteiger partial charge is 0.492 e. The first kappa shape index (κ1) is 23.4. The number of likely N-dealkylation sites (tertiary alicyclic amines) is 1. The number of piperidine rings is 1. The lowest BCUT2D eigenvalue weighted by Crippen LogP contribution is -2.53. The molecular weight excluding hydrogens is 439 g/mol. The Bertz CT molecular complexity index is 1180. The molecule has 1 aromatic heterocycles. The number of hydrogen-bond donors (Lipinski definition) is 2. The molecule has 4 rings (SSSR count). The lowest BCUT2D eigenvalue weighted by Gasteiger charge is -2.35. The second kappa shape index (κ2) is 10.0. The third-order valence-corrected chi connectivity index (χ3v) is 5.86. The molecule has 2 aromatic carbocycles. The number of nitrogens with one attached hydrogen (secondary N) is 1. The molecule has 0 unspecified atom stereocenters. The van der Waals surface area contributed by atoms with Gasteiger partial charge in [-0.1, -0.05) is 26.0 Å². The minimum absolute atomic E-state index is 0.0774. The quantitative estimate of drug-likeness (QED) is 0.578. The van der Waals surface area contributed by atoms with Crippen molar-refractivity contribution < 1.29 is 23.8 Å². The lowest BCUT2D eigenvalue weighted by atomic mass is 10.00. The minimum Gasteiger partial charge on any atom is -0.492 e. The number of para-hydroxylation sites is 2. The van der Waals surface area contributed by atoms with Gasteiger partial charge in [0.2, 0.25) is 11.8 Å². The molecule has 34 heavy (non-hydrogen) atoms. The van der Waals surface area contributed by atoms with Gasteiger partial charge in [-0.3, -0.25) is 9.59 Å². The zero-order valence-electron chi connectivity index (χ0n) is 19.1. The first-order valence-corrected chi connectivity index (χ1v) is 11.3. The molecule has 0 aliphatic carbocycles. The van der Waals surface area contributed by atoms with Crippen LogP contribution in [0.4, 0.5) is 4.39 Å². The van der Waals surface area contributed by atoms with Gasteiger partial charge in [0.05, 0.1) is 11.0 Å².